The molecule has 1 N–H and O–H groups in total. The molecule has 2 heterocycles. The van der Waals surface area contributed by atoms with Gasteiger partial charge in [0.25, 0.3) is 5.56 Å². The van der Waals surface area contributed by atoms with Gasteiger partial charge in [-0.15, -0.1) is 0 Å². The SMILES string of the molecule is COCc1ccc2c(c1)CCN(C(=O)Cc1cc(=O)[nH]o1)[C@H]2C(=O)Cc1ccc(C(C)(C)C)c(F)c1. The van der Waals surface area contributed by atoms with E-state index in [0.717, 1.165) is 16.7 Å². The highest BCUT2D eigenvalue weighted by Gasteiger charge is 2.36. The maximum atomic E-state index is 14.8. The molecule has 0 aliphatic carbocycles. The van der Waals surface area contributed by atoms with Crippen molar-refractivity contribution in [1.29, 1.82) is 0 Å². The lowest BCUT2D eigenvalue weighted by atomic mass is 9.84. The second-order valence-electron chi connectivity index (χ2n) is 10.3. The minimum absolute atomic E-state index is 0.0196. The lowest BCUT2D eigenvalue weighted by molar-refractivity contribution is -0.140. The number of carbonyl (C=O) groups excluding carboxylic acids is 2. The smallest absolute Gasteiger partial charge is 0.280 e. The molecule has 1 aliphatic rings. The Labute approximate surface area is 209 Å². The van der Waals surface area contributed by atoms with Crippen LogP contribution in [-0.2, 0) is 45.6 Å². The number of nitrogens with zero attached hydrogens (tertiary/aromatic N) is 1. The Morgan fingerprint density at radius 3 is 2.50 bits per heavy atom. The van der Waals surface area contributed by atoms with Crippen LogP contribution in [0.2, 0.25) is 0 Å². The summed E-state index contributed by atoms with van der Waals surface area (Å²) in [6, 6.07) is 11.1. The largest absolute Gasteiger partial charge is 0.383 e. The Bertz CT molecular complexity index is 1330. The van der Waals surface area contributed by atoms with E-state index >= 15 is 0 Å². The van der Waals surface area contributed by atoms with Crippen LogP contribution >= 0.6 is 0 Å². The van der Waals surface area contributed by atoms with Gasteiger partial charge in [0.1, 0.15) is 17.6 Å². The summed E-state index contributed by atoms with van der Waals surface area (Å²) in [6.45, 7) is 6.58. The second kappa shape index (κ2) is 10.2. The van der Waals surface area contributed by atoms with Crippen LogP contribution in [0.3, 0.4) is 0 Å². The van der Waals surface area contributed by atoms with Crippen molar-refractivity contribution in [3.05, 3.63) is 92.2 Å². The van der Waals surface area contributed by atoms with Gasteiger partial charge >= 0.3 is 0 Å². The molecule has 8 heteroatoms. The van der Waals surface area contributed by atoms with Crippen molar-refractivity contribution in [1.82, 2.24) is 10.1 Å². The molecule has 1 atom stereocenters. The lowest BCUT2D eigenvalue weighted by Gasteiger charge is -2.36. The number of ketones is 1. The number of H-pyrrole nitrogens is 1. The molecule has 0 unspecified atom stereocenters. The summed E-state index contributed by atoms with van der Waals surface area (Å²) in [5.41, 5.74) is 3.06. The average Bonchev–Trinajstić information content (AvgIpc) is 3.21. The van der Waals surface area contributed by atoms with E-state index in [1.807, 2.05) is 39.0 Å². The quantitative estimate of drug-likeness (QED) is 0.535. The van der Waals surface area contributed by atoms with Gasteiger partial charge in [-0.05, 0) is 45.7 Å². The Morgan fingerprint density at radius 2 is 1.86 bits per heavy atom. The van der Waals surface area contributed by atoms with Crippen LogP contribution in [-0.4, -0.2) is 35.4 Å². The number of hydrogen-bond donors (Lipinski definition) is 1. The van der Waals surface area contributed by atoms with Crippen molar-refractivity contribution >= 4 is 11.7 Å². The molecule has 7 nitrogen and oxygen atoms in total. The lowest BCUT2D eigenvalue weighted by Crippen LogP contribution is -2.44. The molecule has 0 spiro atoms. The van der Waals surface area contributed by atoms with Crippen molar-refractivity contribution < 1.29 is 23.2 Å². The van der Waals surface area contributed by atoms with Crippen LogP contribution in [0.4, 0.5) is 4.39 Å². The number of aromatic amines is 1. The number of carbonyl (C=O) groups is 2. The highest BCUT2D eigenvalue weighted by Crippen LogP contribution is 2.33. The van der Waals surface area contributed by atoms with Crippen LogP contribution in [0.5, 0.6) is 0 Å². The van der Waals surface area contributed by atoms with E-state index in [0.29, 0.717) is 30.7 Å². The zero-order chi connectivity index (χ0) is 26.0. The van der Waals surface area contributed by atoms with Crippen LogP contribution < -0.4 is 5.56 Å². The number of nitrogens with one attached hydrogen (secondary N) is 1. The van der Waals surface area contributed by atoms with Crippen molar-refractivity contribution in [2.24, 2.45) is 0 Å². The van der Waals surface area contributed by atoms with Gasteiger partial charge in [-0.2, -0.15) is 5.16 Å². The number of benzene rings is 2. The van der Waals surface area contributed by atoms with Gasteiger partial charge in [0.2, 0.25) is 5.91 Å². The second-order valence-corrected chi connectivity index (χ2v) is 10.3. The predicted molar refractivity (Wildman–Crippen MR) is 132 cm³/mol. The number of fused-ring (bicyclic) bond motifs is 1. The summed E-state index contributed by atoms with van der Waals surface area (Å²) in [4.78, 5) is 39.9. The number of hydrogen-bond acceptors (Lipinski definition) is 5. The first-order valence-corrected chi connectivity index (χ1v) is 12.0. The van der Waals surface area contributed by atoms with Crippen molar-refractivity contribution in [3.8, 4) is 0 Å². The molecule has 0 bridgehead atoms. The number of methoxy groups -OCH3 is 1. The minimum Gasteiger partial charge on any atom is -0.383 e. The molecule has 2 aromatic carbocycles. The molecule has 4 rings (SSSR count). The van der Waals surface area contributed by atoms with Gasteiger partial charge in [0.15, 0.2) is 5.78 Å². The number of ether oxygens (including phenoxy) is 1. The van der Waals surface area contributed by atoms with Crippen LogP contribution in [0.25, 0.3) is 0 Å². The van der Waals surface area contributed by atoms with Crippen LogP contribution in [0.1, 0.15) is 60.4 Å². The van der Waals surface area contributed by atoms with Gasteiger partial charge in [-0.3, -0.25) is 14.4 Å². The summed E-state index contributed by atoms with van der Waals surface area (Å²) in [5, 5.41) is 2.18. The van der Waals surface area contributed by atoms with E-state index < -0.39 is 11.6 Å². The molecule has 0 saturated heterocycles. The molecule has 1 amide bonds. The summed E-state index contributed by atoms with van der Waals surface area (Å²) < 4.78 is 25.1. The molecule has 0 fully saturated rings. The third-order valence-electron chi connectivity index (χ3n) is 6.49. The number of halogens is 1. The van der Waals surface area contributed by atoms with Gasteiger partial charge in [-0.1, -0.05) is 51.1 Å². The highest BCUT2D eigenvalue weighted by molar-refractivity contribution is 5.92. The third-order valence-corrected chi connectivity index (χ3v) is 6.49. The van der Waals surface area contributed by atoms with Gasteiger partial charge < -0.3 is 14.2 Å². The van der Waals surface area contributed by atoms with Crippen molar-refractivity contribution in [2.45, 2.75) is 58.1 Å². The van der Waals surface area contributed by atoms with E-state index in [4.69, 9.17) is 9.26 Å². The summed E-state index contributed by atoms with van der Waals surface area (Å²) in [6.07, 6.45) is 0.414. The van der Waals surface area contributed by atoms with Gasteiger partial charge in [0.05, 0.1) is 13.0 Å². The van der Waals surface area contributed by atoms with Crippen LogP contribution in [0, 0.1) is 5.82 Å². The van der Waals surface area contributed by atoms with Crippen LogP contribution in [0.15, 0.2) is 51.8 Å². The fraction of sp³-hybridized carbons (Fsp3) is 0.393. The first kappa shape index (κ1) is 25.6. The first-order chi connectivity index (χ1) is 17.1. The third kappa shape index (κ3) is 5.49. The molecule has 1 aliphatic heterocycles. The van der Waals surface area contributed by atoms with Crippen molar-refractivity contribution in [2.75, 3.05) is 13.7 Å². The monoisotopic (exact) mass is 494 g/mol. The number of Topliss-reactive ketones (excluding diaryl/α,β-unsaturated/α-hetero) is 1. The maximum Gasteiger partial charge on any atom is 0.280 e. The Kier molecular flexibility index (Phi) is 7.26. The zero-order valence-electron chi connectivity index (χ0n) is 21.0. The standard InChI is InChI=1S/C28H31FN2O5/c1-28(2,3)22-8-6-17(12-23(22)29)13-24(32)27-21-7-5-18(16-35-4)11-19(21)9-10-31(27)26(34)15-20-14-25(33)30-36-20/h5-8,11-12,14,27H,9-10,13,15-16H2,1-4H3,(H,30,33)/t27-/m1/s1. The van der Waals surface area contributed by atoms with Gasteiger partial charge in [0, 0.05) is 26.1 Å². The Hall–Kier alpha value is -3.52. The van der Waals surface area contributed by atoms with Crippen molar-refractivity contribution in [3.63, 3.8) is 0 Å². The molecular formula is C28H31FN2O5. The Balaban J connectivity index is 1.65. The molecule has 0 saturated carbocycles. The van der Waals surface area contributed by atoms with E-state index in [9.17, 15) is 18.8 Å². The highest BCUT2D eigenvalue weighted by atomic mass is 19.1. The molecule has 190 valence electrons. The maximum absolute atomic E-state index is 14.8. The Morgan fingerprint density at radius 1 is 1.11 bits per heavy atom. The summed E-state index contributed by atoms with van der Waals surface area (Å²) in [7, 11) is 1.62. The average molecular weight is 495 g/mol. The summed E-state index contributed by atoms with van der Waals surface area (Å²) in [5.74, 6) is -0.673. The molecular weight excluding hydrogens is 463 g/mol. The number of amides is 1. The predicted octanol–water partition coefficient (Wildman–Crippen LogP) is 4.03. The molecule has 36 heavy (non-hydrogen) atoms. The number of aromatic nitrogens is 1. The summed E-state index contributed by atoms with van der Waals surface area (Å²) >= 11 is 0. The van der Waals surface area contributed by atoms with Gasteiger partial charge in [-0.25, -0.2) is 4.39 Å². The fourth-order valence-corrected chi connectivity index (χ4v) is 4.79. The zero-order valence-corrected chi connectivity index (χ0v) is 21.0. The van der Waals surface area contributed by atoms with E-state index in [2.05, 4.69) is 5.16 Å². The van der Waals surface area contributed by atoms with E-state index in [1.54, 1.807) is 19.2 Å². The normalized spacial score (nSPS) is 15.6. The molecule has 1 aromatic heterocycles. The topological polar surface area (TPSA) is 92.6 Å². The fourth-order valence-electron chi connectivity index (χ4n) is 4.79. The van der Waals surface area contributed by atoms with E-state index in [1.165, 1.54) is 17.0 Å². The minimum atomic E-state index is -0.825. The van der Waals surface area contributed by atoms with E-state index in [-0.39, 0.29) is 41.5 Å². The molecule has 0 radical (unpaired) electrons. The number of rotatable bonds is 7. The first-order valence-electron chi connectivity index (χ1n) is 12.0. The molecule has 3 aromatic rings.